The molecule has 15 heavy (non-hydrogen) atoms. The Morgan fingerprint density at radius 1 is 1.53 bits per heavy atom. The average molecular weight is 337 g/mol. The monoisotopic (exact) mass is 337 g/mol. The van der Waals surface area contributed by atoms with Crippen LogP contribution in [0.1, 0.15) is 27.2 Å². The molecule has 1 radical (unpaired) electrons. The topological polar surface area (TPSA) is 40.5 Å². The normalized spacial score (nSPS) is 39.9. The minimum Gasteiger partial charge on any atom is -0.565 e. The second kappa shape index (κ2) is 5.07. The molecule has 1 saturated carbocycles. The largest absolute Gasteiger partial charge is 0.565 e. The first-order chi connectivity index (χ1) is 6.57. The summed E-state index contributed by atoms with van der Waals surface area (Å²) in [6, 6.07) is 1.05. The third kappa shape index (κ3) is 2.05. The van der Waals surface area contributed by atoms with E-state index in [0.717, 1.165) is 13.0 Å². The van der Waals surface area contributed by atoms with Crippen LogP contribution in [-0.2, 0) is 4.79 Å². The molecule has 1 aliphatic carbocycles. The van der Waals surface area contributed by atoms with Crippen LogP contribution >= 0.6 is 0 Å². The van der Waals surface area contributed by atoms with Crippen molar-refractivity contribution in [1.29, 1.82) is 0 Å². The van der Waals surface area contributed by atoms with Gasteiger partial charge in [0.25, 0.3) is 0 Å². The molecule has 4 heteroatoms. The van der Waals surface area contributed by atoms with Crippen molar-refractivity contribution in [3.63, 3.8) is 0 Å². The molecule has 0 aromatic carbocycles. The summed E-state index contributed by atoms with van der Waals surface area (Å²) in [6.45, 7) is 7.51. The Morgan fingerprint density at radius 3 is 2.53 bits per heavy atom. The maximum Gasteiger partial charge on any atom is 0.114 e. The van der Waals surface area contributed by atoms with Gasteiger partial charge >= 0.3 is 0 Å². The quantitative estimate of drug-likeness (QED) is 0.770. The Morgan fingerprint density at radius 2 is 2.13 bits per heavy atom. The van der Waals surface area contributed by atoms with Crippen LogP contribution in [0, 0.1) is 59.7 Å². The number of carbonyl (C=O) groups is 1. The first-order valence-corrected chi connectivity index (χ1v) is 5.36. The van der Waals surface area contributed by atoms with Crippen molar-refractivity contribution in [1.82, 2.24) is 4.90 Å². The van der Waals surface area contributed by atoms with E-state index < -0.39 is 0 Å². The summed E-state index contributed by atoms with van der Waals surface area (Å²) in [7, 11) is 0. The van der Waals surface area contributed by atoms with E-state index in [1.807, 2.05) is 0 Å². The first-order valence-electron chi connectivity index (χ1n) is 5.36. The predicted octanol–water partition coefficient (Wildman–Crippen LogP) is 1.21. The van der Waals surface area contributed by atoms with Gasteiger partial charge in [0.05, 0.1) is 0 Å². The number of piperidine rings is 1. The van der Waals surface area contributed by atoms with Crippen LogP contribution in [0.3, 0.4) is 0 Å². The van der Waals surface area contributed by atoms with Crippen molar-refractivity contribution in [2.45, 2.75) is 45.3 Å². The number of likely N-dealkylation sites (tertiary alicyclic amines) is 1. The second-order valence-electron chi connectivity index (χ2n) is 4.77. The molecule has 0 amide bonds. The molecule has 0 aromatic heterocycles. The fourth-order valence-electron chi connectivity index (χ4n) is 3.24. The number of ketones is 1. The Labute approximate surface area is 125 Å². The molecule has 2 fully saturated rings. The van der Waals surface area contributed by atoms with Crippen LogP contribution in [0.2, 0.25) is 0 Å². The molecule has 0 aromatic rings. The van der Waals surface area contributed by atoms with Gasteiger partial charge in [-0.15, -0.1) is 0 Å². The van der Waals surface area contributed by atoms with Crippen molar-refractivity contribution in [3.05, 3.63) is 6.61 Å². The summed E-state index contributed by atoms with van der Waals surface area (Å²) >= 11 is 0. The minimum absolute atomic E-state index is 0. The zero-order valence-electron chi connectivity index (χ0n) is 9.55. The Hall–Kier alpha value is 0.954. The van der Waals surface area contributed by atoms with Gasteiger partial charge in [-0.3, -0.25) is 4.90 Å². The molecular formula is C11H18NO2Pr-. The van der Waals surface area contributed by atoms with E-state index >= 15 is 0 Å². The molecule has 0 spiro atoms. The molecule has 3 unspecified atom stereocenters. The second-order valence-corrected chi connectivity index (χ2v) is 4.77. The maximum atomic E-state index is 11.8. The van der Waals surface area contributed by atoms with E-state index in [4.69, 9.17) is 5.11 Å². The molecule has 2 rings (SSSR count). The van der Waals surface area contributed by atoms with Crippen molar-refractivity contribution < 1.29 is 51.2 Å². The smallest absolute Gasteiger partial charge is 0.114 e. The van der Waals surface area contributed by atoms with Crippen LogP contribution in [-0.4, -0.2) is 33.9 Å². The number of rotatable bonds is 2. The van der Waals surface area contributed by atoms with Crippen molar-refractivity contribution in [2.24, 2.45) is 11.8 Å². The third-order valence-corrected chi connectivity index (χ3v) is 3.80. The standard InChI is InChI=1S/C11H18NO2.Pr/c1-6(2)12-7(3)8-4-10(12)9(5-13)11(8)14;/h5-10,13H,4H2,1-3H3;/q-1;/t7-,8?,9?,10?;/m1./s1. The molecule has 2 bridgehead atoms. The van der Waals surface area contributed by atoms with E-state index in [2.05, 4.69) is 25.7 Å². The summed E-state index contributed by atoms with van der Waals surface area (Å²) in [5, 5.41) is 9.07. The van der Waals surface area contributed by atoms with Gasteiger partial charge in [0, 0.05) is 59.3 Å². The Balaban J connectivity index is 0.00000112. The number of carbonyl (C=O) groups excluding carboxylic acids is 1. The molecular weight excluding hydrogens is 319 g/mol. The Bertz CT molecular complexity index is 253. The molecule has 1 saturated heterocycles. The van der Waals surface area contributed by atoms with Crippen LogP contribution < -0.4 is 0 Å². The van der Waals surface area contributed by atoms with Crippen molar-refractivity contribution in [2.75, 3.05) is 0 Å². The molecule has 4 atom stereocenters. The molecule has 2 aliphatic rings. The van der Waals surface area contributed by atoms with Crippen LogP contribution in [0.25, 0.3) is 0 Å². The molecule has 3 nitrogen and oxygen atoms in total. The van der Waals surface area contributed by atoms with E-state index in [0.29, 0.717) is 12.1 Å². The summed E-state index contributed by atoms with van der Waals surface area (Å²) in [4.78, 5) is 14.1. The van der Waals surface area contributed by atoms with E-state index in [-0.39, 0.29) is 65.0 Å². The van der Waals surface area contributed by atoms with Crippen LogP contribution in [0.4, 0.5) is 0 Å². The van der Waals surface area contributed by atoms with E-state index in [9.17, 15) is 4.79 Å². The molecule has 83 valence electrons. The summed E-state index contributed by atoms with van der Waals surface area (Å²) < 4.78 is 0. The van der Waals surface area contributed by atoms with Crippen molar-refractivity contribution >= 4 is 5.78 Å². The number of nitrogens with zero attached hydrogens (tertiary/aromatic N) is 1. The van der Waals surface area contributed by atoms with Gasteiger partial charge in [0.2, 0.25) is 0 Å². The van der Waals surface area contributed by atoms with Gasteiger partial charge in [-0.05, 0) is 33.2 Å². The fourth-order valence-corrected chi connectivity index (χ4v) is 3.24. The average Bonchev–Trinajstić information content (AvgIpc) is 2.58. The summed E-state index contributed by atoms with van der Waals surface area (Å²) in [5.74, 6) is 0.149. The molecule has 1 heterocycles. The summed E-state index contributed by atoms with van der Waals surface area (Å²) in [5.41, 5.74) is 0. The van der Waals surface area contributed by atoms with Gasteiger partial charge in [-0.2, -0.15) is 0 Å². The van der Waals surface area contributed by atoms with Crippen LogP contribution in [0.5, 0.6) is 0 Å². The third-order valence-electron chi connectivity index (χ3n) is 3.80. The number of aliphatic hydroxyl groups is 1. The number of aliphatic hydroxyl groups excluding tert-OH is 1. The predicted molar refractivity (Wildman–Crippen MR) is 53.1 cm³/mol. The van der Waals surface area contributed by atoms with E-state index in [1.165, 1.54) is 0 Å². The molecule has 1 aliphatic heterocycles. The zero-order chi connectivity index (χ0) is 10.5. The number of fused-ring (bicyclic) bond motifs is 2. The first kappa shape index (κ1) is 14.0. The number of Topliss-reactive ketones (excluding diaryl/α,β-unsaturated/α-hetero) is 1. The van der Waals surface area contributed by atoms with Crippen molar-refractivity contribution in [3.8, 4) is 0 Å². The fraction of sp³-hybridized carbons (Fsp3) is 0.818. The number of hydrogen-bond acceptors (Lipinski definition) is 3. The van der Waals surface area contributed by atoms with Gasteiger partial charge < -0.3 is 9.90 Å². The van der Waals surface area contributed by atoms with Gasteiger partial charge in [-0.1, -0.05) is 5.92 Å². The van der Waals surface area contributed by atoms with Gasteiger partial charge in [-0.25, -0.2) is 6.61 Å². The minimum atomic E-state index is -0.237. The Kier molecular flexibility index (Phi) is 4.74. The number of hydrogen-bond donors (Lipinski definition) is 1. The zero-order valence-corrected chi connectivity index (χ0v) is 13.3. The summed E-state index contributed by atoms with van der Waals surface area (Å²) in [6.07, 6.45) is 0.930. The SMILES string of the molecule is CC(C)N1C2CC(C(=O)C2[CH-]O)[C@H]1C.[Pr]. The van der Waals surface area contributed by atoms with Gasteiger partial charge in [0.15, 0.2) is 0 Å². The molecule has 1 N–H and O–H groups in total. The maximum absolute atomic E-state index is 11.8. The van der Waals surface area contributed by atoms with Crippen LogP contribution in [0.15, 0.2) is 0 Å². The van der Waals surface area contributed by atoms with E-state index in [1.54, 1.807) is 0 Å². The van der Waals surface area contributed by atoms with Gasteiger partial charge in [0.1, 0.15) is 5.78 Å².